The Bertz CT molecular complexity index is 282. The Morgan fingerprint density at radius 1 is 1.40 bits per heavy atom. The highest BCUT2D eigenvalue weighted by molar-refractivity contribution is 5.82. The van der Waals surface area contributed by atoms with Gasteiger partial charge in [0.1, 0.15) is 11.1 Å². The van der Waals surface area contributed by atoms with Crippen LogP contribution in [0.25, 0.3) is 0 Å². The van der Waals surface area contributed by atoms with Crippen molar-refractivity contribution in [1.82, 2.24) is 0 Å². The number of nitrogens with two attached hydrogens (primary N) is 1. The normalized spacial score (nSPS) is 39.5. The molecule has 0 aliphatic heterocycles. The molecule has 86 valence electrons. The standard InChI is InChI=1S/C12H21NO2/c1-11(2,3)15-10(14)12(13)7-8-4-5-9(12)6-8/h8-9H,4-7,13H2,1-3H3/t8-,9+,12+/m1/s1. The third-order valence-corrected chi connectivity index (χ3v) is 3.68. The summed E-state index contributed by atoms with van der Waals surface area (Å²) in [6, 6.07) is 0. The number of fused-ring (bicyclic) bond motifs is 2. The van der Waals surface area contributed by atoms with Gasteiger partial charge in [0.05, 0.1) is 0 Å². The van der Waals surface area contributed by atoms with Crippen LogP contribution in [0.3, 0.4) is 0 Å². The van der Waals surface area contributed by atoms with Gasteiger partial charge in [0.25, 0.3) is 0 Å². The van der Waals surface area contributed by atoms with E-state index in [2.05, 4.69) is 0 Å². The van der Waals surface area contributed by atoms with Crippen LogP contribution in [0.1, 0.15) is 46.5 Å². The van der Waals surface area contributed by atoms with Gasteiger partial charge in [-0.15, -0.1) is 0 Å². The van der Waals surface area contributed by atoms with Gasteiger partial charge in [0.15, 0.2) is 0 Å². The van der Waals surface area contributed by atoms with E-state index < -0.39 is 11.1 Å². The zero-order valence-electron chi connectivity index (χ0n) is 9.88. The van der Waals surface area contributed by atoms with Crippen LogP contribution >= 0.6 is 0 Å². The summed E-state index contributed by atoms with van der Waals surface area (Å²) in [6.07, 6.45) is 4.29. The van der Waals surface area contributed by atoms with Gasteiger partial charge in [-0.05, 0) is 51.9 Å². The summed E-state index contributed by atoms with van der Waals surface area (Å²) in [4.78, 5) is 12.0. The van der Waals surface area contributed by atoms with Crippen LogP contribution in [0.15, 0.2) is 0 Å². The van der Waals surface area contributed by atoms with Crippen LogP contribution in [-0.2, 0) is 9.53 Å². The molecule has 0 aromatic heterocycles. The summed E-state index contributed by atoms with van der Waals surface area (Å²) >= 11 is 0. The minimum atomic E-state index is -0.684. The maximum absolute atomic E-state index is 12.0. The van der Waals surface area contributed by atoms with Crippen LogP contribution in [0.4, 0.5) is 0 Å². The number of carbonyl (C=O) groups excluding carboxylic acids is 1. The lowest BCUT2D eigenvalue weighted by atomic mass is 9.82. The van der Waals surface area contributed by atoms with Crippen molar-refractivity contribution in [1.29, 1.82) is 0 Å². The molecule has 0 radical (unpaired) electrons. The molecule has 3 heteroatoms. The van der Waals surface area contributed by atoms with E-state index >= 15 is 0 Å². The van der Waals surface area contributed by atoms with Gasteiger partial charge in [-0.2, -0.15) is 0 Å². The van der Waals surface area contributed by atoms with Gasteiger partial charge >= 0.3 is 5.97 Å². The Morgan fingerprint density at radius 3 is 2.47 bits per heavy atom. The van der Waals surface area contributed by atoms with Crippen molar-refractivity contribution >= 4 is 5.97 Å². The number of hydrogen-bond donors (Lipinski definition) is 1. The van der Waals surface area contributed by atoms with E-state index in [1.807, 2.05) is 20.8 Å². The van der Waals surface area contributed by atoms with Crippen molar-refractivity contribution in [2.24, 2.45) is 17.6 Å². The Morgan fingerprint density at radius 2 is 2.07 bits per heavy atom. The molecular formula is C12H21NO2. The first kappa shape index (κ1) is 10.9. The maximum Gasteiger partial charge on any atom is 0.326 e. The van der Waals surface area contributed by atoms with Crippen molar-refractivity contribution < 1.29 is 9.53 Å². The van der Waals surface area contributed by atoms with Gasteiger partial charge in [-0.1, -0.05) is 6.42 Å². The summed E-state index contributed by atoms with van der Waals surface area (Å²) in [5.41, 5.74) is 5.11. The predicted molar refractivity (Wildman–Crippen MR) is 58.2 cm³/mol. The molecule has 2 aliphatic rings. The maximum atomic E-state index is 12.0. The molecule has 2 aliphatic carbocycles. The first-order valence-electron chi connectivity index (χ1n) is 5.83. The van der Waals surface area contributed by atoms with Crippen LogP contribution in [0, 0.1) is 11.8 Å². The monoisotopic (exact) mass is 211 g/mol. The summed E-state index contributed by atoms with van der Waals surface area (Å²) in [5, 5.41) is 0. The van der Waals surface area contributed by atoms with Gasteiger partial charge in [-0.25, -0.2) is 0 Å². The Labute approximate surface area is 91.4 Å². The molecule has 0 saturated heterocycles. The third kappa shape index (κ3) is 1.89. The third-order valence-electron chi connectivity index (χ3n) is 3.68. The second kappa shape index (κ2) is 3.21. The molecule has 2 N–H and O–H groups in total. The summed E-state index contributed by atoms with van der Waals surface area (Å²) in [7, 11) is 0. The molecular weight excluding hydrogens is 190 g/mol. The molecule has 3 nitrogen and oxygen atoms in total. The van der Waals surface area contributed by atoms with E-state index in [4.69, 9.17) is 10.5 Å². The molecule has 3 atom stereocenters. The fraction of sp³-hybridized carbons (Fsp3) is 0.917. The van der Waals surface area contributed by atoms with Crippen molar-refractivity contribution in [3.63, 3.8) is 0 Å². The topological polar surface area (TPSA) is 52.3 Å². The predicted octanol–water partition coefficient (Wildman–Crippen LogP) is 1.85. The summed E-state index contributed by atoms with van der Waals surface area (Å²) in [5.74, 6) is 0.826. The Hall–Kier alpha value is -0.570. The lowest BCUT2D eigenvalue weighted by molar-refractivity contribution is -0.163. The molecule has 2 saturated carbocycles. The summed E-state index contributed by atoms with van der Waals surface area (Å²) < 4.78 is 5.41. The van der Waals surface area contributed by atoms with Crippen molar-refractivity contribution in [3.05, 3.63) is 0 Å². The molecule has 2 bridgehead atoms. The first-order chi connectivity index (χ1) is 6.81. The largest absolute Gasteiger partial charge is 0.459 e. The summed E-state index contributed by atoms with van der Waals surface area (Å²) in [6.45, 7) is 5.67. The molecule has 0 amide bonds. The van der Waals surface area contributed by atoms with E-state index in [0.29, 0.717) is 11.8 Å². The lowest BCUT2D eigenvalue weighted by Crippen LogP contribution is -2.54. The van der Waals surface area contributed by atoms with Crippen molar-refractivity contribution in [2.45, 2.75) is 57.6 Å². The fourth-order valence-electron chi connectivity index (χ4n) is 3.00. The lowest BCUT2D eigenvalue weighted by Gasteiger charge is -2.34. The van der Waals surface area contributed by atoms with Crippen molar-refractivity contribution in [2.75, 3.05) is 0 Å². The minimum absolute atomic E-state index is 0.192. The average molecular weight is 211 g/mol. The van der Waals surface area contributed by atoms with Crippen LogP contribution < -0.4 is 5.73 Å². The van der Waals surface area contributed by atoms with E-state index in [1.54, 1.807) is 0 Å². The molecule has 2 fully saturated rings. The Balaban J connectivity index is 2.07. The fourth-order valence-corrected chi connectivity index (χ4v) is 3.00. The molecule has 0 aromatic rings. The van der Waals surface area contributed by atoms with Gasteiger partial charge < -0.3 is 10.5 Å². The average Bonchev–Trinajstić information content (AvgIpc) is 2.60. The number of carbonyl (C=O) groups is 1. The number of rotatable bonds is 1. The van der Waals surface area contributed by atoms with E-state index in [9.17, 15) is 4.79 Å². The second-order valence-corrected chi connectivity index (χ2v) is 6.12. The first-order valence-corrected chi connectivity index (χ1v) is 5.83. The highest BCUT2D eigenvalue weighted by atomic mass is 16.6. The van der Waals surface area contributed by atoms with E-state index in [-0.39, 0.29) is 5.97 Å². The number of ether oxygens (including phenoxy) is 1. The van der Waals surface area contributed by atoms with Crippen LogP contribution in [0.5, 0.6) is 0 Å². The molecule has 15 heavy (non-hydrogen) atoms. The molecule has 0 unspecified atom stereocenters. The smallest absolute Gasteiger partial charge is 0.326 e. The van der Waals surface area contributed by atoms with E-state index in [0.717, 1.165) is 19.3 Å². The highest BCUT2D eigenvalue weighted by Gasteiger charge is 2.54. The zero-order valence-corrected chi connectivity index (χ0v) is 9.88. The van der Waals surface area contributed by atoms with Gasteiger partial charge in [0.2, 0.25) is 0 Å². The van der Waals surface area contributed by atoms with Crippen LogP contribution in [-0.4, -0.2) is 17.1 Å². The highest BCUT2D eigenvalue weighted by Crippen LogP contribution is 2.50. The molecule has 2 rings (SSSR count). The molecule has 0 aromatic carbocycles. The molecule has 0 heterocycles. The van der Waals surface area contributed by atoms with Gasteiger partial charge in [-0.3, -0.25) is 4.79 Å². The van der Waals surface area contributed by atoms with Crippen LogP contribution in [0.2, 0.25) is 0 Å². The SMILES string of the molecule is CC(C)(C)OC(=O)[C@]1(N)C[C@@H]2CC[C@H]1C2. The second-order valence-electron chi connectivity index (χ2n) is 6.12. The number of esters is 1. The quantitative estimate of drug-likeness (QED) is 0.673. The minimum Gasteiger partial charge on any atom is -0.459 e. The Kier molecular flexibility index (Phi) is 2.34. The van der Waals surface area contributed by atoms with Gasteiger partial charge in [0, 0.05) is 0 Å². The van der Waals surface area contributed by atoms with E-state index in [1.165, 1.54) is 6.42 Å². The number of hydrogen-bond acceptors (Lipinski definition) is 3. The molecule has 0 spiro atoms. The van der Waals surface area contributed by atoms with Crippen molar-refractivity contribution in [3.8, 4) is 0 Å². The zero-order chi connectivity index (χ0) is 11.3.